The Morgan fingerprint density at radius 2 is 1.73 bits per heavy atom. The van der Waals surface area contributed by atoms with Gasteiger partial charge in [0.2, 0.25) is 0 Å². The number of aromatic nitrogens is 3. The minimum absolute atomic E-state index is 0.188. The number of amides is 2. The molecule has 10 nitrogen and oxygen atoms in total. The van der Waals surface area contributed by atoms with E-state index < -0.39 is 6.03 Å². The van der Waals surface area contributed by atoms with Crippen molar-refractivity contribution < 1.29 is 18.8 Å². The Balaban J connectivity index is 1.11. The zero-order valence-electron chi connectivity index (χ0n) is 23.2. The highest BCUT2D eigenvalue weighted by Crippen LogP contribution is 2.27. The fourth-order valence-corrected chi connectivity index (χ4v) is 4.34. The number of urea groups is 1. The second-order valence-electron chi connectivity index (χ2n) is 10.8. The van der Waals surface area contributed by atoms with E-state index in [9.17, 15) is 4.79 Å². The molecule has 0 spiro atoms. The summed E-state index contributed by atoms with van der Waals surface area (Å²) in [5, 5.41) is 17.0. The first kappa shape index (κ1) is 27.4. The zero-order valence-corrected chi connectivity index (χ0v) is 23.2. The van der Waals surface area contributed by atoms with Crippen molar-refractivity contribution in [2.24, 2.45) is 0 Å². The number of carbonyl (C=O) groups excluding carboxylic acids is 1. The average Bonchev–Trinajstić information content (AvgIpc) is 3.63. The Bertz CT molecular complexity index is 1380. The highest BCUT2D eigenvalue weighted by atomic mass is 16.5. The third kappa shape index (κ3) is 7.28. The van der Waals surface area contributed by atoms with E-state index in [2.05, 4.69) is 30.9 Å². The molecule has 1 fully saturated rings. The van der Waals surface area contributed by atoms with Gasteiger partial charge in [-0.15, -0.1) is 0 Å². The number of nitrogens with one attached hydrogen (secondary N) is 3. The van der Waals surface area contributed by atoms with Crippen LogP contribution in [0.1, 0.15) is 33.0 Å². The number of morpholine rings is 1. The summed E-state index contributed by atoms with van der Waals surface area (Å²) in [5.74, 6) is 1.92. The molecule has 1 aliphatic rings. The smallest absolute Gasteiger partial charge is 0.324 e. The van der Waals surface area contributed by atoms with Crippen molar-refractivity contribution in [3.63, 3.8) is 0 Å². The SMILES string of the molecule is CC(C)(C)c1cc(NC(=O)Nc2ccc(-c3cc(-c4ccc(OCCCN5CCOCC5)cc4)n[nH]3)cc2)no1. The number of hydrogen-bond acceptors (Lipinski definition) is 7. The normalized spacial score (nSPS) is 14.2. The van der Waals surface area contributed by atoms with Crippen LogP contribution in [0.2, 0.25) is 0 Å². The van der Waals surface area contributed by atoms with E-state index in [0.717, 1.165) is 67.5 Å². The Kier molecular flexibility index (Phi) is 8.47. The molecular weight excluding hydrogens is 508 g/mol. The molecule has 2 aromatic heterocycles. The van der Waals surface area contributed by atoms with Gasteiger partial charge in [0.25, 0.3) is 0 Å². The lowest BCUT2D eigenvalue weighted by Gasteiger charge is -2.26. The number of carbonyl (C=O) groups is 1. The van der Waals surface area contributed by atoms with Crippen molar-refractivity contribution in [3.8, 4) is 28.3 Å². The van der Waals surface area contributed by atoms with Crippen LogP contribution in [0.3, 0.4) is 0 Å². The third-order valence-electron chi connectivity index (χ3n) is 6.66. The topological polar surface area (TPSA) is 118 Å². The number of rotatable bonds is 9. The van der Waals surface area contributed by atoms with Crippen molar-refractivity contribution >= 4 is 17.5 Å². The highest BCUT2D eigenvalue weighted by Gasteiger charge is 2.20. The van der Waals surface area contributed by atoms with E-state index in [0.29, 0.717) is 23.9 Å². The maximum absolute atomic E-state index is 12.4. The van der Waals surface area contributed by atoms with Crippen LogP contribution >= 0.6 is 0 Å². The minimum atomic E-state index is -0.394. The molecule has 0 saturated carbocycles. The molecule has 4 aromatic rings. The standard InChI is InChI=1S/C30H36N6O4/c1-30(2,3)27-20-28(35-40-27)32-29(37)31-23-9-5-21(6-10-23)25-19-26(34-33-25)22-7-11-24(12-8-22)39-16-4-13-36-14-17-38-18-15-36/h5-12,19-20H,4,13-18H2,1-3H3,(H,33,34)(H2,31,32,35,37). The van der Waals surface area contributed by atoms with Gasteiger partial charge in [-0.05, 0) is 54.4 Å². The van der Waals surface area contributed by atoms with Gasteiger partial charge in [-0.1, -0.05) is 38.1 Å². The Morgan fingerprint density at radius 1 is 1.00 bits per heavy atom. The van der Waals surface area contributed by atoms with E-state index in [1.54, 1.807) is 6.07 Å². The summed E-state index contributed by atoms with van der Waals surface area (Å²) < 4.78 is 16.6. The van der Waals surface area contributed by atoms with E-state index in [1.165, 1.54) is 0 Å². The molecule has 2 amide bonds. The van der Waals surface area contributed by atoms with Gasteiger partial charge in [-0.25, -0.2) is 4.79 Å². The van der Waals surface area contributed by atoms with Gasteiger partial charge in [0, 0.05) is 42.4 Å². The molecule has 40 heavy (non-hydrogen) atoms. The molecule has 3 heterocycles. The fourth-order valence-electron chi connectivity index (χ4n) is 4.34. The molecule has 0 bridgehead atoms. The van der Waals surface area contributed by atoms with Gasteiger partial charge in [-0.2, -0.15) is 5.10 Å². The minimum Gasteiger partial charge on any atom is -0.494 e. The van der Waals surface area contributed by atoms with Crippen LogP contribution in [-0.2, 0) is 10.2 Å². The van der Waals surface area contributed by atoms with Crippen molar-refractivity contribution in [2.45, 2.75) is 32.6 Å². The van der Waals surface area contributed by atoms with Gasteiger partial charge in [0.15, 0.2) is 5.82 Å². The van der Waals surface area contributed by atoms with Gasteiger partial charge >= 0.3 is 6.03 Å². The van der Waals surface area contributed by atoms with E-state index in [1.807, 2.05) is 75.4 Å². The maximum atomic E-state index is 12.4. The largest absolute Gasteiger partial charge is 0.494 e. The monoisotopic (exact) mass is 544 g/mol. The summed E-state index contributed by atoms with van der Waals surface area (Å²) in [6, 6.07) is 18.9. The van der Waals surface area contributed by atoms with Crippen LogP contribution in [-0.4, -0.2) is 65.7 Å². The number of nitrogens with zero attached hydrogens (tertiary/aromatic N) is 3. The van der Waals surface area contributed by atoms with Gasteiger partial charge in [0.05, 0.1) is 31.2 Å². The molecule has 10 heteroatoms. The molecule has 210 valence electrons. The molecule has 0 radical (unpaired) electrons. The lowest BCUT2D eigenvalue weighted by molar-refractivity contribution is 0.0358. The lowest BCUT2D eigenvalue weighted by Crippen LogP contribution is -2.37. The maximum Gasteiger partial charge on any atom is 0.324 e. The molecule has 3 N–H and O–H groups in total. The van der Waals surface area contributed by atoms with Crippen molar-refractivity contribution in [2.75, 3.05) is 50.1 Å². The molecule has 0 unspecified atom stereocenters. The molecule has 2 aromatic carbocycles. The summed E-state index contributed by atoms with van der Waals surface area (Å²) in [5.41, 5.74) is 4.15. The van der Waals surface area contributed by atoms with Crippen molar-refractivity contribution in [1.29, 1.82) is 0 Å². The number of H-pyrrole nitrogens is 1. The first-order chi connectivity index (χ1) is 19.3. The van der Waals surface area contributed by atoms with Crippen molar-refractivity contribution in [1.82, 2.24) is 20.3 Å². The Hall–Kier alpha value is -4.15. The summed E-state index contributed by atoms with van der Waals surface area (Å²) in [6.07, 6.45) is 0.989. The number of benzene rings is 2. The number of ether oxygens (including phenoxy) is 2. The number of aromatic amines is 1. The third-order valence-corrected chi connectivity index (χ3v) is 6.66. The van der Waals surface area contributed by atoms with Gasteiger partial charge in [-0.3, -0.25) is 15.3 Å². The lowest BCUT2D eigenvalue weighted by atomic mass is 9.93. The zero-order chi connectivity index (χ0) is 28.0. The molecular formula is C30H36N6O4. The van der Waals surface area contributed by atoms with Crippen LogP contribution in [0.15, 0.2) is 65.2 Å². The second-order valence-corrected chi connectivity index (χ2v) is 10.8. The number of hydrogen-bond donors (Lipinski definition) is 3. The summed E-state index contributed by atoms with van der Waals surface area (Å²) in [7, 11) is 0. The Morgan fingerprint density at radius 3 is 2.42 bits per heavy atom. The first-order valence-electron chi connectivity index (χ1n) is 13.6. The summed E-state index contributed by atoms with van der Waals surface area (Å²) >= 11 is 0. The molecule has 1 aliphatic heterocycles. The van der Waals surface area contributed by atoms with Crippen LogP contribution in [0.4, 0.5) is 16.3 Å². The quantitative estimate of drug-likeness (QED) is 0.229. The summed E-state index contributed by atoms with van der Waals surface area (Å²) in [4.78, 5) is 14.8. The highest BCUT2D eigenvalue weighted by molar-refractivity contribution is 5.99. The predicted octanol–water partition coefficient (Wildman–Crippen LogP) is 5.77. The number of anilines is 2. The van der Waals surface area contributed by atoms with Crippen LogP contribution < -0.4 is 15.4 Å². The molecule has 1 saturated heterocycles. The Labute approximate surface area is 234 Å². The van der Waals surface area contributed by atoms with Gasteiger partial charge in [0.1, 0.15) is 11.5 Å². The van der Waals surface area contributed by atoms with Gasteiger partial charge < -0.3 is 19.3 Å². The molecule has 0 aliphatic carbocycles. The van der Waals surface area contributed by atoms with Crippen LogP contribution in [0, 0.1) is 0 Å². The van der Waals surface area contributed by atoms with Crippen molar-refractivity contribution in [3.05, 3.63) is 66.4 Å². The summed E-state index contributed by atoms with van der Waals surface area (Å²) in [6.45, 7) is 11.4. The molecule has 0 atom stereocenters. The predicted molar refractivity (Wildman–Crippen MR) is 155 cm³/mol. The van der Waals surface area contributed by atoms with E-state index >= 15 is 0 Å². The average molecular weight is 545 g/mol. The first-order valence-corrected chi connectivity index (χ1v) is 13.6. The van der Waals surface area contributed by atoms with Crippen LogP contribution in [0.5, 0.6) is 5.75 Å². The van der Waals surface area contributed by atoms with E-state index in [-0.39, 0.29) is 5.41 Å². The van der Waals surface area contributed by atoms with E-state index in [4.69, 9.17) is 14.0 Å². The second kappa shape index (κ2) is 12.4. The fraction of sp³-hybridized carbons (Fsp3) is 0.367. The van der Waals surface area contributed by atoms with Crippen LogP contribution in [0.25, 0.3) is 22.5 Å². The molecule has 5 rings (SSSR count).